The zero-order valence-electron chi connectivity index (χ0n) is 14.3. The molecule has 8 heteroatoms. The predicted molar refractivity (Wildman–Crippen MR) is 113 cm³/mol. The van der Waals surface area contributed by atoms with Gasteiger partial charge in [-0.15, -0.1) is 0 Å². The van der Waals surface area contributed by atoms with Crippen molar-refractivity contribution in [2.75, 3.05) is 4.90 Å². The molecule has 28 heavy (non-hydrogen) atoms. The molecule has 1 aromatic heterocycles. The van der Waals surface area contributed by atoms with Crippen LogP contribution in [-0.2, 0) is 4.79 Å². The molecule has 1 amide bonds. The number of non-ortho nitro benzene ring substituents is 1. The number of thiocarbonyl (C=S) groups is 1. The Balaban J connectivity index is 1.58. The average Bonchev–Trinajstić information content (AvgIpc) is 3.27. The summed E-state index contributed by atoms with van der Waals surface area (Å²) in [5.41, 5.74) is 1.45. The van der Waals surface area contributed by atoms with E-state index in [2.05, 4.69) is 0 Å². The van der Waals surface area contributed by atoms with Crippen molar-refractivity contribution >= 4 is 51.7 Å². The highest BCUT2D eigenvalue weighted by Gasteiger charge is 2.33. The second-order valence-corrected chi connectivity index (χ2v) is 7.53. The summed E-state index contributed by atoms with van der Waals surface area (Å²) < 4.78 is 6.25. The minimum Gasteiger partial charge on any atom is -0.457 e. The SMILES string of the molecule is O=C1C(=Cc2ccc(-c3ccc([N+](=O)[O-])cc3)o2)SC(=S)N1c1ccccc1. The lowest BCUT2D eigenvalue weighted by molar-refractivity contribution is -0.384. The second-order valence-electron chi connectivity index (χ2n) is 5.86. The van der Waals surface area contributed by atoms with Crippen LogP contribution in [0.1, 0.15) is 5.76 Å². The molecule has 1 aliphatic rings. The minimum absolute atomic E-state index is 0.0140. The fraction of sp³-hybridized carbons (Fsp3) is 0. The van der Waals surface area contributed by atoms with Crippen LogP contribution in [0.5, 0.6) is 0 Å². The number of benzene rings is 2. The Labute approximate surface area is 169 Å². The summed E-state index contributed by atoms with van der Waals surface area (Å²) in [6.45, 7) is 0. The molecule has 0 saturated carbocycles. The number of hydrogen-bond acceptors (Lipinski definition) is 6. The Hall–Kier alpha value is -3.23. The number of para-hydroxylation sites is 1. The van der Waals surface area contributed by atoms with Crippen molar-refractivity contribution in [1.29, 1.82) is 0 Å². The number of nitro groups is 1. The largest absolute Gasteiger partial charge is 0.457 e. The molecule has 2 heterocycles. The molecule has 0 N–H and O–H groups in total. The van der Waals surface area contributed by atoms with Gasteiger partial charge in [-0.25, -0.2) is 0 Å². The molecule has 0 atom stereocenters. The second kappa shape index (κ2) is 7.41. The number of rotatable bonds is 4. The molecular weight excluding hydrogens is 396 g/mol. The summed E-state index contributed by atoms with van der Waals surface area (Å²) in [5, 5.41) is 10.8. The van der Waals surface area contributed by atoms with Crippen molar-refractivity contribution in [1.82, 2.24) is 0 Å². The summed E-state index contributed by atoms with van der Waals surface area (Å²) in [7, 11) is 0. The summed E-state index contributed by atoms with van der Waals surface area (Å²) >= 11 is 6.57. The van der Waals surface area contributed by atoms with E-state index in [4.69, 9.17) is 16.6 Å². The molecule has 0 spiro atoms. The first kappa shape index (κ1) is 18.1. The Morgan fingerprint density at radius 3 is 2.43 bits per heavy atom. The van der Waals surface area contributed by atoms with Gasteiger partial charge in [-0.2, -0.15) is 0 Å². The molecule has 6 nitrogen and oxygen atoms in total. The average molecular weight is 408 g/mol. The monoisotopic (exact) mass is 408 g/mol. The Morgan fingerprint density at radius 1 is 1.04 bits per heavy atom. The van der Waals surface area contributed by atoms with Crippen molar-refractivity contribution in [3.63, 3.8) is 0 Å². The molecule has 0 aliphatic carbocycles. The number of amides is 1. The summed E-state index contributed by atoms with van der Waals surface area (Å²) in [6.07, 6.45) is 1.65. The first-order valence-corrected chi connectivity index (χ1v) is 9.43. The number of carbonyl (C=O) groups is 1. The van der Waals surface area contributed by atoms with Crippen LogP contribution in [0.4, 0.5) is 11.4 Å². The minimum atomic E-state index is -0.452. The van der Waals surface area contributed by atoms with Gasteiger partial charge < -0.3 is 4.42 Å². The maximum absolute atomic E-state index is 12.7. The van der Waals surface area contributed by atoms with Crippen molar-refractivity contribution < 1.29 is 14.1 Å². The van der Waals surface area contributed by atoms with Gasteiger partial charge in [0.25, 0.3) is 11.6 Å². The van der Waals surface area contributed by atoms with Gasteiger partial charge in [0, 0.05) is 23.8 Å². The standard InChI is InChI=1S/C20H12N2O4S2/c23-19-18(28-20(27)21(19)14-4-2-1-3-5-14)12-16-10-11-17(26-16)13-6-8-15(9-7-13)22(24)25/h1-12H. The van der Waals surface area contributed by atoms with Gasteiger partial charge in [0.05, 0.1) is 15.5 Å². The summed E-state index contributed by atoms with van der Waals surface area (Å²) in [4.78, 5) is 25.0. The van der Waals surface area contributed by atoms with Gasteiger partial charge in [0.15, 0.2) is 4.32 Å². The van der Waals surface area contributed by atoms with E-state index >= 15 is 0 Å². The molecule has 2 aromatic carbocycles. The fourth-order valence-electron chi connectivity index (χ4n) is 2.73. The third-order valence-electron chi connectivity index (χ3n) is 4.07. The quantitative estimate of drug-likeness (QED) is 0.254. The highest BCUT2D eigenvalue weighted by molar-refractivity contribution is 8.27. The normalized spacial score (nSPS) is 15.4. The van der Waals surface area contributed by atoms with Crippen molar-refractivity contribution in [2.45, 2.75) is 0 Å². The van der Waals surface area contributed by atoms with Crippen LogP contribution in [0.15, 0.2) is 76.1 Å². The van der Waals surface area contributed by atoms with E-state index in [0.717, 1.165) is 5.69 Å². The number of nitro benzene ring substituents is 1. The van der Waals surface area contributed by atoms with E-state index < -0.39 is 4.92 Å². The van der Waals surface area contributed by atoms with E-state index in [1.807, 2.05) is 30.3 Å². The van der Waals surface area contributed by atoms with Crippen molar-refractivity contribution in [3.05, 3.63) is 87.5 Å². The molecule has 3 aromatic rings. The number of carbonyl (C=O) groups excluding carboxylic acids is 1. The molecule has 4 rings (SSSR count). The van der Waals surface area contributed by atoms with Gasteiger partial charge in [0.2, 0.25) is 0 Å². The van der Waals surface area contributed by atoms with Crippen molar-refractivity contribution in [2.24, 2.45) is 0 Å². The molecule has 1 saturated heterocycles. The van der Waals surface area contributed by atoms with Crippen LogP contribution >= 0.6 is 24.0 Å². The van der Waals surface area contributed by atoms with Gasteiger partial charge in [-0.05, 0) is 36.4 Å². The number of hydrogen-bond donors (Lipinski definition) is 0. The molecule has 0 unspecified atom stereocenters. The molecule has 0 radical (unpaired) electrons. The number of nitrogens with zero attached hydrogens (tertiary/aromatic N) is 2. The fourth-order valence-corrected chi connectivity index (χ4v) is 4.01. The predicted octanol–water partition coefficient (Wildman–Crippen LogP) is 5.26. The summed E-state index contributed by atoms with van der Waals surface area (Å²) in [6, 6.07) is 18.8. The van der Waals surface area contributed by atoms with Crippen LogP contribution in [0.25, 0.3) is 17.4 Å². The maximum Gasteiger partial charge on any atom is 0.270 e. The zero-order valence-corrected chi connectivity index (χ0v) is 15.9. The maximum atomic E-state index is 12.7. The lowest BCUT2D eigenvalue weighted by Gasteiger charge is -2.13. The lowest BCUT2D eigenvalue weighted by Crippen LogP contribution is -2.27. The van der Waals surface area contributed by atoms with Crippen LogP contribution < -0.4 is 4.90 Å². The highest BCUT2D eigenvalue weighted by atomic mass is 32.2. The van der Waals surface area contributed by atoms with Crippen LogP contribution in [-0.4, -0.2) is 15.2 Å². The molecule has 1 fully saturated rings. The van der Waals surface area contributed by atoms with Gasteiger partial charge in [-0.3, -0.25) is 19.8 Å². The van der Waals surface area contributed by atoms with Crippen LogP contribution in [0.2, 0.25) is 0 Å². The topological polar surface area (TPSA) is 76.6 Å². The summed E-state index contributed by atoms with van der Waals surface area (Å²) in [5.74, 6) is 0.857. The number of thioether (sulfide) groups is 1. The van der Waals surface area contributed by atoms with Crippen LogP contribution in [0, 0.1) is 10.1 Å². The van der Waals surface area contributed by atoms with Gasteiger partial charge in [0.1, 0.15) is 11.5 Å². The molecule has 0 bridgehead atoms. The lowest BCUT2D eigenvalue weighted by atomic mass is 10.1. The highest BCUT2D eigenvalue weighted by Crippen LogP contribution is 2.36. The van der Waals surface area contributed by atoms with E-state index in [1.165, 1.54) is 28.8 Å². The first-order valence-electron chi connectivity index (χ1n) is 8.20. The Bertz CT molecular complexity index is 1100. The van der Waals surface area contributed by atoms with Gasteiger partial charge in [-0.1, -0.05) is 42.2 Å². The number of anilines is 1. The Kier molecular flexibility index (Phi) is 4.81. The molecular formula is C20H12N2O4S2. The molecule has 1 aliphatic heterocycles. The van der Waals surface area contributed by atoms with Crippen molar-refractivity contribution in [3.8, 4) is 11.3 Å². The Morgan fingerprint density at radius 2 is 1.75 bits per heavy atom. The molecule has 138 valence electrons. The zero-order chi connectivity index (χ0) is 19.7. The third-order valence-corrected chi connectivity index (χ3v) is 5.37. The number of furan rings is 1. The van der Waals surface area contributed by atoms with Crippen LogP contribution in [0.3, 0.4) is 0 Å². The third kappa shape index (κ3) is 3.47. The smallest absolute Gasteiger partial charge is 0.270 e. The van der Waals surface area contributed by atoms with E-state index in [9.17, 15) is 14.9 Å². The van der Waals surface area contributed by atoms with Gasteiger partial charge >= 0.3 is 0 Å². The first-order chi connectivity index (χ1) is 13.5. The van der Waals surface area contributed by atoms with E-state index in [1.54, 1.807) is 30.3 Å². The van der Waals surface area contributed by atoms with E-state index in [0.29, 0.717) is 26.3 Å². The van der Waals surface area contributed by atoms with E-state index in [-0.39, 0.29) is 11.6 Å².